The number of hydrogen-bond donors (Lipinski definition) is 0. The monoisotopic (exact) mass is 319 g/mol. The lowest BCUT2D eigenvalue weighted by Crippen LogP contribution is -2.53. The van der Waals surface area contributed by atoms with Crippen molar-refractivity contribution in [2.24, 2.45) is 7.05 Å². The van der Waals surface area contributed by atoms with Crippen LogP contribution in [-0.4, -0.2) is 51.2 Å². The van der Waals surface area contributed by atoms with Gasteiger partial charge in [-0.1, -0.05) is 24.2 Å². The molecule has 1 aliphatic heterocycles. The van der Waals surface area contributed by atoms with Crippen molar-refractivity contribution in [3.05, 3.63) is 5.69 Å². The fourth-order valence-electron chi connectivity index (χ4n) is 3.66. The average molecular weight is 319 g/mol. The second-order valence-electron chi connectivity index (χ2n) is 6.31. The van der Waals surface area contributed by atoms with Gasteiger partial charge in [-0.15, -0.1) is 0 Å². The van der Waals surface area contributed by atoms with Crippen molar-refractivity contribution in [3.63, 3.8) is 0 Å². The maximum Gasteiger partial charge on any atom is 0.242 e. The standard InChI is InChI=1S/C15H21N5OS/c1-10-13-14(18(2)17-10)16-15(22-13)19-7-8-20(12(21)9-19)11-5-3-4-6-11/h11H,3-9H2,1-2H3. The van der Waals surface area contributed by atoms with E-state index in [0.29, 0.717) is 12.6 Å². The number of aromatic nitrogens is 3. The van der Waals surface area contributed by atoms with Gasteiger partial charge in [-0.3, -0.25) is 4.79 Å². The van der Waals surface area contributed by atoms with Gasteiger partial charge in [0, 0.05) is 26.2 Å². The van der Waals surface area contributed by atoms with Crippen LogP contribution in [0.1, 0.15) is 31.4 Å². The van der Waals surface area contributed by atoms with Gasteiger partial charge in [0.05, 0.1) is 16.9 Å². The number of carbonyl (C=O) groups is 1. The number of carbonyl (C=O) groups excluding carboxylic acids is 1. The largest absolute Gasteiger partial charge is 0.337 e. The number of nitrogens with zero attached hydrogens (tertiary/aromatic N) is 5. The fraction of sp³-hybridized carbons (Fsp3) is 0.667. The molecule has 1 amide bonds. The molecule has 0 N–H and O–H groups in total. The highest BCUT2D eigenvalue weighted by atomic mass is 32.1. The molecule has 4 rings (SSSR count). The van der Waals surface area contributed by atoms with Crippen LogP contribution in [0.25, 0.3) is 10.3 Å². The van der Waals surface area contributed by atoms with Crippen molar-refractivity contribution in [2.45, 2.75) is 38.6 Å². The van der Waals surface area contributed by atoms with E-state index < -0.39 is 0 Å². The van der Waals surface area contributed by atoms with Crippen molar-refractivity contribution in [1.82, 2.24) is 19.7 Å². The number of thiazole rings is 1. The van der Waals surface area contributed by atoms with Gasteiger partial charge >= 0.3 is 0 Å². The number of amides is 1. The summed E-state index contributed by atoms with van der Waals surface area (Å²) in [6.45, 7) is 4.18. The molecule has 6 nitrogen and oxygen atoms in total. The highest BCUT2D eigenvalue weighted by Crippen LogP contribution is 2.32. The topological polar surface area (TPSA) is 54.3 Å². The molecule has 0 spiro atoms. The summed E-state index contributed by atoms with van der Waals surface area (Å²) in [4.78, 5) is 21.4. The van der Waals surface area contributed by atoms with Crippen molar-refractivity contribution < 1.29 is 4.79 Å². The van der Waals surface area contributed by atoms with Gasteiger partial charge in [0.15, 0.2) is 10.8 Å². The maximum atomic E-state index is 12.5. The third-order valence-electron chi connectivity index (χ3n) is 4.83. The van der Waals surface area contributed by atoms with E-state index in [9.17, 15) is 4.79 Å². The summed E-state index contributed by atoms with van der Waals surface area (Å²) >= 11 is 1.65. The summed E-state index contributed by atoms with van der Waals surface area (Å²) in [7, 11) is 1.92. The summed E-state index contributed by atoms with van der Waals surface area (Å²) < 4.78 is 2.95. The first-order valence-electron chi connectivity index (χ1n) is 7.98. The SMILES string of the molecule is Cc1nn(C)c2nc(N3CCN(C4CCCC4)C(=O)C3)sc12. The van der Waals surface area contributed by atoms with Crippen LogP contribution < -0.4 is 4.90 Å². The molecule has 3 heterocycles. The van der Waals surface area contributed by atoms with Crippen molar-refractivity contribution in [2.75, 3.05) is 24.5 Å². The van der Waals surface area contributed by atoms with Crippen LogP contribution in [0.3, 0.4) is 0 Å². The van der Waals surface area contributed by atoms with E-state index in [1.54, 1.807) is 11.3 Å². The molecule has 2 aromatic heterocycles. The fourth-order valence-corrected chi connectivity index (χ4v) is 4.72. The molecule has 0 atom stereocenters. The van der Waals surface area contributed by atoms with Crippen LogP contribution in [0.2, 0.25) is 0 Å². The number of rotatable bonds is 2. The minimum Gasteiger partial charge on any atom is -0.337 e. The zero-order valence-electron chi connectivity index (χ0n) is 13.1. The first kappa shape index (κ1) is 14.0. The molecule has 2 fully saturated rings. The minimum absolute atomic E-state index is 0.257. The predicted molar refractivity (Wildman–Crippen MR) is 87.3 cm³/mol. The second kappa shape index (κ2) is 5.22. The first-order valence-corrected chi connectivity index (χ1v) is 8.79. The lowest BCUT2D eigenvalue weighted by molar-refractivity contribution is -0.133. The third-order valence-corrected chi connectivity index (χ3v) is 6.04. The van der Waals surface area contributed by atoms with E-state index >= 15 is 0 Å². The van der Waals surface area contributed by atoms with Crippen molar-refractivity contribution >= 4 is 32.7 Å². The van der Waals surface area contributed by atoms with Crippen LogP contribution >= 0.6 is 11.3 Å². The van der Waals surface area contributed by atoms with Gasteiger partial charge < -0.3 is 9.80 Å². The quantitative estimate of drug-likeness (QED) is 0.849. The lowest BCUT2D eigenvalue weighted by atomic mass is 10.2. The molecule has 22 heavy (non-hydrogen) atoms. The number of hydrogen-bond acceptors (Lipinski definition) is 5. The molecular formula is C15H21N5OS. The molecule has 1 aliphatic carbocycles. The van der Waals surface area contributed by atoms with Crippen LogP contribution in [0, 0.1) is 6.92 Å². The summed E-state index contributed by atoms with van der Waals surface area (Å²) in [5, 5.41) is 5.34. The zero-order valence-corrected chi connectivity index (χ0v) is 13.9. The summed E-state index contributed by atoms with van der Waals surface area (Å²) in [6, 6.07) is 0.483. The Bertz CT molecular complexity index is 680. The minimum atomic E-state index is 0.257. The van der Waals surface area contributed by atoms with E-state index in [-0.39, 0.29) is 5.91 Å². The van der Waals surface area contributed by atoms with Gasteiger partial charge in [-0.05, 0) is 19.8 Å². The van der Waals surface area contributed by atoms with Gasteiger partial charge in [-0.25, -0.2) is 9.67 Å². The molecular weight excluding hydrogens is 298 g/mol. The summed E-state index contributed by atoms with van der Waals surface area (Å²) in [5.74, 6) is 0.257. The highest BCUT2D eigenvalue weighted by molar-refractivity contribution is 7.22. The molecule has 2 aliphatic rings. The molecule has 1 saturated carbocycles. The molecule has 1 saturated heterocycles. The van der Waals surface area contributed by atoms with Gasteiger partial charge in [0.25, 0.3) is 0 Å². The second-order valence-corrected chi connectivity index (χ2v) is 7.28. The number of anilines is 1. The molecule has 118 valence electrons. The van der Waals surface area contributed by atoms with E-state index in [4.69, 9.17) is 0 Å². The summed E-state index contributed by atoms with van der Waals surface area (Å²) in [6.07, 6.45) is 4.89. The van der Waals surface area contributed by atoms with E-state index in [1.807, 2.05) is 18.7 Å². The lowest BCUT2D eigenvalue weighted by Gasteiger charge is -2.37. The van der Waals surface area contributed by atoms with Crippen LogP contribution in [0.5, 0.6) is 0 Å². The van der Waals surface area contributed by atoms with E-state index in [2.05, 4.69) is 19.9 Å². The summed E-state index contributed by atoms with van der Waals surface area (Å²) in [5.41, 5.74) is 1.93. The van der Waals surface area contributed by atoms with Gasteiger partial charge in [0.2, 0.25) is 5.91 Å². The Morgan fingerprint density at radius 3 is 2.68 bits per heavy atom. The zero-order chi connectivity index (χ0) is 15.3. The molecule has 0 aromatic carbocycles. The van der Waals surface area contributed by atoms with Gasteiger partial charge in [-0.2, -0.15) is 5.10 Å². The molecule has 7 heteroatoms. The maximum absolute atomic E-state index is 12.5. The molecule has 0 unspecified atom stereocenters. The number of fused-ring (bicyclic) bond motifs is 1. The Morgan fingerprint density at radius 2 is 2.00 bits per heavy atom. The number of aryl methyl sites for hydroxylation is 2. The predicted octanol–water partition coefficient (Wildman–Crippen LogP) is 1.93. The van der Waals surface area contributed by atoms with Crippen LogP contribution in [0.4, 0.5) is 5.13 Å². The van der Waals surface area contributed by atoms with Crippen molar-refractivity contribution in [1.29, 1.82) is 0 Å². The average Bonchev–Trinajstić information content (AvgIpc) is 3.20. The van der Waals surface area contributed by atoms with E-state index in [0.717, 1.165) is 34.3 Å². The normalized spacial score (nSPS) is 20.5. The Hall–Kier alpha value is -1.63. The smallest absolute Gasteiger partial charge is 0.242 e. The Morgan fingerprint density at radius 1 is 1.23 bits per heavy atom. The highest BCUT2D eigenvalue weighted by Gasteiger charge is 2.32. The molecule has 0 radical (unpaired) electrons. The van der Waals surface area contributed by atoms with E-state index in [1.165, 1.54) is 25.7 Å². The van der Waals surface area contributed by atoms with Crippen LogP contribution in [-0.2, 0) is 11.8 Å². The molecule has 0 bridgehead atoms. The Labute approximate surface area is 133 Å². The van der Waals surface area contributed by atoms with Crippen molar-refractivity contribution in [3.8, 4) is 0 Å². The first-order chi connectivity index (χ1) is 10.6. The third kappa shape index (κ3) is 2.18. The molecule has 2 aromatic rings. The van der Waals surface area contributed by atoms with Crippen LogP contribution in [0.15, 0.2) is 0 Å². The number of piperazine rings is 1. The van der Waals surface area contributed by atoms with Gasteiger partial charge in [0.1, 0.15) is 0 Å². The Balaban J connectivity index is 1.53. The Kier molecular flexibility index (Phi) is 3.32.